The van der Waals surface area contributed by atoms with E-state index in [4.69, 9.17) is 0 Å². The molecule has 0 spiro atoms. The van der Waals surface area contributed by atoms with Crippen LogP contribution in [0.4, 0.5) is 4.79 Å². The van der Waals surface area contributed by atoms with E-state index >= 15 is 0 Å². The monoisotopic (exact) mass is 314 g/mol. The zero-order chi connectivity index (χ0) is 16.0. The summed E-state index contributed by atoms with van der Waals surface area (Å²) in [7, 11) is -2.12. The molecule has 0 heterocycles. The van der Waals surface area contributed by atoms with Crippen LogP contribution in [0.25, 0.3) is 0 Å². The van der Waals surface area contributed by atoms with E-state index in [-0.39, 0.29) is 10.5 Å². The molecule has 0 radical (unpaired) electrons. The minimum absolute atomic E-state index is 0.00864. The quantitative estimate of drug-likeness (QED) is 0.737. The first-order valence-electron chi connectivity index (χ1n) is 5.73. The summed E-state index contributed by atoms with van der Waals surface area (Å²) in [6.07, 6.45) is 1.01. The Balaban J connectivity index is 2.69. The standard InChI is InChI=1S/C12H14N2O6S/c1-13-12(17)14-10(15)7-20-11(16)8-4-3-5-9(6-8)21(2,18)19/h3-6H,7H2,1-2H3,(H2,13,14,15,17). The summed E-state index contributed by atoms with van der Waals surface area (Å²) in [5.74, 6) is -1.67. The average Bonchev–Trinajstić information content (AvgIpc) is 2.43. The maximum Gasteiger partial charge on any atom is 0.338 e. The summed E-state index contributed by atoms with van der Waals surface area (Å²) in [6.45, 7) is -0.657. The van der Waals surface area contributed by atoms with E-state index < -0.39 is 34.4 Å². The van der Waals surface area contributed by atoms with Gasteiger partial charge in [0.25, 0.3) is 5.91 Å². The van der Waals surface area contributed by atoms with Gasteiger partial charge in [0, 0.05) is 13.3 Å². The van der Waals surface area contributed by atoms with Crippen LogP contribution in [0, 0.1) is 0 Å². The summed E-state index contributed by atoms with van der Waals surface area (Å²) in [4.78, 5) is 33.7. The molecule has 0 unspecified atom stereocenters. The van der Waals surface area contributed by atoms with Gasteiger partial charge in [0.05, 0.1) is 10.5 Å². The number of hydrogen-bond acceptors (Lipinski definition) is 6. The number of benzene rings is 1. The smallest absolute Gasteiger partial charge is 0.338 e. The van der Waals surface area contributed by atoms with Gasteiger partial charge < -0.3 is 10.1 Å². The van der Waals surface area contributed by atoms with Crippen LogP contribution in [0.1, 0.15) is 10.4 Å². The normalized spacial score (nSPS) is 10.6. The number of rotatable bonds is 4. The lowest BCUT2D eigenvalue weighted by molar-refractivity contribution is -0.123. The fourth-order valence-corrected chi connectivity index (χ4v) is 1.96. The highest BCUT2D eigenvalue weighted by atomic mass is 32.2. The third-order valence-corrected chi connectivity index (χ3v) is 3.42. The van der Waals surface area contributed by atoms with Gasteiger partial charge in [-0.1, -0.05) is 6.07 Å². The minimum atomic E-state index is -3.45. The summed E-state index contributed by atoms with van der Waals surface area (Å²) < 4.78 is 27.4. The van der Waals surface area contributed by atoms with Gasteiger partial charge in [0.2, 0.25) is 0 Å². The number of ether oxygens (including phenoxy) is 1. The van der Waals surface area contributed by atoms with Gasteiger partial charge in [-0.2, -0.15) is 0 Å². The van der Waals surface area contributed by atoms with Gasteiger partial charge in [-0.15, -0.1) is 0 Å². The second-order valence-corrected chi connectivity index (χ2v) is 6.02. The van der Waals surface area contributed by atoms with E-state index in [1.54, 1.807) is 0 Å². The first-order chi connectivity index (χ1) is 9.74. The first-order valence-corrected chi connectivity index (χ1v) is 7.62. The Kier molecular flexibility index (Phi) is 5.42. The largest absolute Gasteiger partial charge is 0.452 e. The third kappa shape index (κ3) is 5.22. The zero-order valence-electron chi connectivity index (χ0n) is 11.4. The molecule has 0 atom stereocenters. The Hall–Kier alpha value is -2.42. The van der Waals surface area contributed by atoms with Crippen molar-refractivity contribution >= 4 is 27.7 Å². The number of carbonyl (C=O) groups excluding carboxylic acids is 3. The molecular weight excluding hydrogens is 300 g/mol. The summed E-state index contributed by atoms with van der Waals surface area (Å²) >= 11 is 0. The van der Waals surface area contributed by atoms with Gasteiger partial charge >= 0.3 is 12.0 Å². The van der Waals surface area contributed by atoms with E-state index in [0.29, 0.717) is 0 Å². The molecule has 2 N–H and O–H groups in total. The number of hydrogen-bond donors (Lipinski definition) is 2. The molecular formula is C12H14N2O6S. The number of amides is 3. The van der Waals surface area contributed by atoms with E-state index in [1.165, 1.54) is 25.2 Å². The molecule has 9 heteroatoms. The Labute approximate surface area is 121 Å². The molecule has 0 aliphatic carbocycles. The van der Waals surface area contributed by atoms with Gasteiger partial charge in [0.15, 0.2) is 16.4 Å². The lowest BCUT2D eigenvalue weighted by Gasteiger charge is -2.06. The number of carbonyl (C=O) groups is 3. The van der Waals surface area contributed by atoms with Gasteiger partial charge in [0.1, 0.15) is 0 Å². The predicted molar refractivity (Wildman–Crippen MR) is 72.4 cm³/mol. The molecule has 0 bridgehead atoms. The Morgan fingerprint density at radius 2 is 1.90 bits per heavy atom. The highest BCUT2D eigenvalue weighted by Crippen LogP contribution is 2.12. The molecule has 21 heavy (non-hydrogen) atoms. The fraction of sp³-hybridized carbons (Fsp3) is 0.250. The summed E-state index contributed by atoms with van der Waals surface area (Å²) in [5, 5.41) is 4.07. The van der Waals surface area contributed by atoms with Crippen molar-refractivity contribution in [3.8, 4) is 0 Å². The SMILES string of the molecule is CNC(=O)NC(=O)COC(=O)c1cccc(S(C)(=O)=O)c1. The van der Waals surface area contributed by atoms with Gasteiger partial charge in [-0.05, 0) is 18.2 Å². The number of imide groups is 1. The van der Waals surface area contributed by atoms with Gasteiger partial charge in [-0.25, -0.2) is 18.0 Å². The molecule has 114 valence electrons. The van der Waals surface area contributed by atoms with Crippen LogP contribution in [0.5, 0.6) is 0 Å². The van der Waals surface area contributed by atoms with Crippen molar-refractivity contribution in [3.63, 3.8) is 0 Å². The number of sulfone groups is 1. The number of esters is 1. The highest BCUT2D eigenvalue weighted by Gasteiger charge is 2.14. The Morgan fingerprint density at radius 1 is 1.24 bits per heavy atom. The van der Waals surface area contributed by atoms with Crippen LogP contribution in [0.2, 0.25) is 0 Å². The second kappa shape index (κ2) is 6.84. The number of nitrogens with one attached hydrogen (secondary N) is 2. The molecule has 1 aromatic rings. The summed E-state index contributed by atoms with van der Waals surface area (Å²) in [5.41, 5.74) is -0.00864. The molecule has 0 saturated carbocycles. The van der Waals surface area contributed by atoms with Crippen LogP contribution in [-0.4, -0.2) is 46.2 Å². The van der Waals surface area contributed by atoms with E-state index in [9.17, 15) is 22.8 Å². The van der Waals surface area contributed by atoms with Crippen molar-refractivity contribution in [1.82, 2.24) is 10.6 Å². The molecule has 1 aromatic carbocycles. The van der Waals surface area contributed by atoms with E-state index in [0.717, 1.165) is 12.3 Å². The molecule has 0 saturated heterocycles. The minimum Gasteiger partial charge on any atom is -0.452 e. The van der Waals surface area contributed by atoms with Crippen molar-refractivity contribution < 1.29 is 27.5 Å². The van der Waals surface area contributed by atoms with Crippen molar-refractivity contribution in [3.05, 3.63) is 29.8 Å². The molecule has 8 nitrogen and oxygen atoms in total. The Bertz CT molecular complexity index is 668. The fourth-order valence-electron chi connectivity index (χ4n) is 1.29. The van der Waals surface area contributed by atoms with Crippen LogP contribution < -0.4 is 10.6 Å². The van der Waals surface area contributed by atoms with E-state index in [1.807, 2.05) is 5.32 Å². The lowest BCUT2D eigenvalue weighted by Crippen LogP contribution is -2.39. The van der Waals surface area contributed by atoms with E-state index in [2.05, 4.69) is 10.1 Å². The molecule has 0 aliphatic heterocycles. The Morgan fingerprint density at radius 3 is 2.48 bits per heavy atom. The third-order valence-electron chi connectivity index (χ3n) is 2.31. The second-order valence-electron chi connectivity index (χ2n) is 4.00. The van der Waals surface area contributed by atoms with Crippen LogP contribution in [0.15, 0.2) is 29.2 Å². The van der Waals surface area contributed by atoms with Crippen LogP contribution >= 0.6 is 0 Å². The maximum absolute atomic E-state index is 11.7. The number of urea groups is 1. The molecule has 0 fully saturated rings. The molecule has 0 aliphatic rings. The van der Waals surface area contributed by atoms with Crippen molar-refractivity contribution in [2.75, 3.05) is 19.9 Å². The van der Waals surface area contributed by atoms with Crippen molar-refractivity contribution in [1.29, 1.82) is 0 Å². The lowest BCUT2D eigenvalue weighted by atomic mass is 10.2. The van der Waals surface area contributed by atoms with Crippen LogP contribution in [-0.2, 0) is 19.4 Å². The van der Waals surface area contributed by atoms with Gasteiger partial charge in [-0.3, -0.25) is 10.1 Å². The highest BCUT2D eigenvalue weighted by molar-refractivity contribution is 7.90. The molecule has 0 aromatic heterocycles. The van der Waals surface area contributed by atoms with Crippen molar-refractivity contribution in [2.45, 2.75) is 4.90 Å². The first kappa shape index (κ1) is 16.6. The average molecular weight is 314 g/mol. The summed E-state index contributed by atoms with van der Waals surface area (Å²) in [6, 6.07) is 4.50. The zero-order valence-corrected chi connectivity index (χ0v) is 12.2. The van der Waals surface area contributed by atoms with Crippen molar-refractivity contribution in [2.24, 2.45) is 0 Å². The topological polar surface area (TPSA) is 119 Å². The predicted octanol–water partition coefficient (Wildman–Crippen LogP) is -0.298. The maximum atomic E-state index is 11.7. The van der Waals surface area contributed by atoms with Crippen LogP contribution in [0.3, 0.4) is 0 Å². The molecule has 1 rings (SSSR count). The molecule has 3 amide bonds.